The predicted molar refractivity (Wildman–Crippen MR) is 89.8 cm³/mol. The number of ether oxygens (including phenoxy) is 1. The molecule has 0 aliphatic carbocycles. The average Bonchev–Trinajstić information content (AvgIpc) is 2.57. The van der Waals surface area contributed by atoms with Crippen LogP contribution in [-0.4, -0.2) is 10.9 Å². The van der Waals surface area contributed by atoms with E-state index in [1.165, 1.54) is 24.3 Å². The first-order valence-electron chi connectivity index (χ1n) is 7.39. The Labute approximate surface area is 138 Å². The molecule has 1 aromatic heterocycles. The summed E-state index contributed by atoms with van der Waals surface area (Å²) in [7, 11) is 0. The maximum atomic E-state index is 12.9. The highest BCUT2D eigenvalue weighted by Crippen LogP contribution is 2.20. The van der Waals surface area contributed by atoms with Gasteiger partial charge in [0.25, 0.3) is 5.91 Å². The molecule has 0 saturated heterocycles. The Balaban J connectivity index is 1.74. The van der Waals surface area contributed by atoms with Crippen LogP contribution in [0.5, 0.6) is 11.6 Å². The van der Waals surface area contributed by atoms with E-state index in [0.717, 1.165) is 5.56 Å². The Bertz CT molecular complexity index is 863. The second-order valence-corrected chi connectivity index (χ2v) is 5.24. The quantitative estimate of drug-likeness (QED) is 0.765. The zero-order chi connectivity index (χ0) is 16.9. The molecule has 2 aromatic carbocycles. The molecule has 0 spiro atoms. The summed E-state index contributed by atoms with van der Waals surface area (Å²) < 4.78 is 18.6. The van der Waals surface area contributed by atoms with Crippen LogP contribution in [0.2, 0.25) is 0 Å². The van der Waals surface area contributed by atoms with E-state index in [0.29, 0.717) is 17.3 Å². The number of amides is 1. The molecule has 24 heavy (non-hydrogen) atoms. The smallest absolute Gasteiger partial charge is 0.274 e. The van der Waals surface area contributed by atoms with E-state index in [2.05, 4.69) is 10.3 Å². The van der Waals surface area contributed by atoms with Gasteiger partial charge in [0.2, 0.25) is 5.88 Å². The van der Waals surface area contributed by atoms with Crippen LogP contribution in [0.1, 0.15) is 16.1 Å². The second-order valence-electron chi connectivity index (χ2n) is 5.24. The van der Waals surface area contributed by atoms with Gasteiger partial charge in [-0.3, -0.25) is 4.79 Å². The summed E-state index contributed by atoms with van der Waals surface area (Å²) in [5.41, 5.74) is 1.77. The minimum Gasteiger partial charge on any atom is -0.439 e. The van der Waals surface area contributed by atoms with E-state index < -0.39 is 5.91 Å². The van der Waals surface area contributed by atoms with Gasteiger partial charge >= 0.3 is 0 Å². The highest BCUT2D eigenvalue weighted by Gasteiger charge is 2.09. The van der Waals surface area contributed by atoms with Gasteiger partial charge in [-0.1, -0.05) is 18.2 Å². The van der Waals surface area contributed by atoms with Crippen molar-refractivity contribution >= 4 is 11.6 Å². The summed E-state index contributed by atoms with van der Waals surface area (Å²) in [5.74, 6) is 0.224. The van der Waals surface area contributed by atoms with E-state index in [1.807, 2.05) is 31.2 Å². The number of hydrogen-bond acceptors (Lipinski definition) is 3. The first-order valence-corrected chi connectivity index (χ1v) is 7.39. The van der Waals surface area contributed by atoms with Crippen LogP contribution in [-0.2, 0) is 0 Å². The first-order chi connectivity index (χ1) is 11.6. The van der Waals surface area contributed by atoms with Crippen LogP contribution in [0.4, 0.5) is 10.1 Å². The largest absolute Gasteiger partial charge is 0.439 e. The van der Waals surface area contributed by atoms with Crippen molar-refractivity contribution < 1.29 is 13.9 Å². The van der Waals surface area contributed by atoms with Crippen molar-refractivity contribution in [2.45, 2.75) is 6.92 Å². The van der Waals surface area contributed by atoms with Crippen LogP contribution < -0.4 is 10.1 Å². The highest BCUT2D eigenvalue weighted by atomic mass is 19.1. The van der Waals surface area contributed by atoms with Crippen LogP contribution in [0.3, 0.4) is 0 Å². The fourth-order valence-electron chi connectivity index (χ4n) is 2.13. The van der Waals surface area contributed by atoms with Gasteiger partial charge in [-0.2, -0.15) is 0 Å². The van der Waals surface area contributed by atoms with Crippen molar-refractivity contribution in [1.82, 2.24) is 4.98 Å². The monoisotopic (exact) mass is 322 g/mol. The summed E-state index contributed by atoms with van der Waals surface area (Å²) in [4.78, 5) is 16.4. The molecule has 0 radical (unpaired) electrons. The molecule has 1 amide bonds. The molecule has 1 heterocycles. The lowest BCUT2D eigenvalue weighted by Gasteiger charge is -2.08. The van der Waals surface area contributed by atoms with Crippen molar-refractivity contribution in [2.24, 2.45) is 0 Å². The molecule has 0 atom stereocenters. The maximum Gasteiger partial charge on any atom is 0.274 e. The third-order valence-electron chi connectivity index (χ3n) is 3.27. The van der Waals surface area contributed by atoms with Gasteiger partial charge in [-0.05, 0) is 55.0 Å². The van der Waals surface area contributed by atoms with Gasteiger partial charge in [0, 0.05) is 11.8 Å². The minimum atomic E-state index is -0.392. The SMILES string of the molecule is Cc1cccc(Oc2cccc(C(=O)Nc3ccc(F)cc3)n2)c1. The molecule has 0 saturated carbocycles. The molecular weight excluding hydrogens is 307 g/mol. The second kappa shape index (κ2) is 6.91. The lowest BCUT2D eigenvalue weighted by atomic mass is 10.2. The fourth-order valence-corrected chi connectivity index (χ4v) is 2.13. The number of carbonyl (C=O) groups is 1. The lowest BCUT2D eigenvalue weighted by molar-refractivity contribution is 0.102. The topological polar surface area (TPSA) is 51.2 Å². The number of aromatic nitrogens is 1. The Hall–Kier alpha value is -3.21. The Morgan fingerprint density at radius 1 is 1.04 bits per heavy atom. The third-order valence-corrected chi connectivity index (χ3v) is 3.27. The molecular formula is C19H15FN2O2. The van der Waals surface area contributed by atoms with Crippen LogP contribution in [0.25, 0.3) is 0 Å². The van der Waals surface area contributed by atoms with E-state index in [4.69, 9.17) is 4.74 Å². The number of benzene rings is 2. The van der Waals surface area contributed by atoms with Gasteiger partial charge in [0.1, 0.15) is 17.3 Å². The van der Waals surface area contributed by atoms with Crippen molar-refractivity contribution in [2.75, 3.05) is 5.32 Å². The van der Waals surface area contributed by atoms with Crippen LogP contribution in [0.15, 0.2) is 66.7 Å². The highest BCUT2D eigenvalue weighted by molar-refractivity contribution is 6.02. The molecule has 0 aliphatic heterocycles. The molecule has 3 aromatic rings. The van der Waals surface area contributed by atoms with Crippen molar-refractivity contribution in [1.29, 1.82) is 0 Å². The summed E-state index contributed by atoms with van der Waals surface area (Å²) >= 11 is 0. The van der Waals surface area contributed by atoms with Gasteiger partial charge < -0.3 is 10.1 Å². The molecule has 3 rings (SSSR count). The number of halogens is 1. The van der Waals surface area contributed by atoms with Crippen molar-refractivity contribution in [3.05, 3.63) is 83.8 Å². The molecule has 5 heteroatoms. The minimum absolute atomic E-state index is 0.212. The van der Waals surface area contributed by atoms with E-state index in [-0.39, 0.29) is 11.5 Å². The summed E-state index contributed by atoms with van der Waals surface area (Å²) in [6.45, 7) is 1.97. The predicted octanol–water partition coefficient (Wildman–Crippen LogP) is 4.57. The summed E-state index contributed by atoms with van der Waals surface area (Å²) in [6.07, 6.45) is 0. The number of pyridine rings is 1. The van der Waals surface area contributed by atoms with Gasteiger partial charge in [0.15, 0.2) is 0 Å². The molecule has 0 bridgehead atoms. The molecule has 4 nitrogen and oxygen atoms in total. The van der Waals surface area contributed by atoms with Crippen LogP contribution >= 0.6 is 0 Å². The van der Waals surface area contributed by atoms with Crippen molar-refractivity contribution in [3.63, 3.8) is 0 Å². The Morgan fingerprint density at radius 2 is 1.79 bits per heavy atom. The zero-order valence-corrected chi connectivity index (χ0v) is 13.0. The van der Waals surface area contributed by atoms with Gasteiger partial charge in [-0.15, -0.1) is 0 Å². The maximum absolute atomic E-state index is 12.9. The number of carbonyl (C=O) groups excluding carboxylic acids is 1. The molecule has 0 fully saturated rings. The normalized spacial score (nSPS) is 10.2. The molecule has 1 N–H and O–H groups in total. The Morgan fingerprint density at radius 3 is 2.54 bits per heavy atom. The van der Waals surface area contributed by atoms with E-state index in [1.54, 1.807) is 18.2 Å². The molecule has 0 aliphatic rings. The molecule has 120 valence electrons. The van der Waals surface area contributed by atoms with E-state index in [9.17, 15) is 9.18 Å². The number of anilines is 1. The number of nitrogens with one attached hydrogen (secondary N) is 1. The standard InChI is InChI=1S/C19H15FN2O2/c1-13-4-2-5-16(12-13)24-18-7-3-6-17(22-18)19(23)21-15-10-8-14(20)9-11-15/h2-12H,1H3,(H,21,23). The van der Waals surface area contributed by atoms with E-state index >= 15 is 0 Å². The summed E-state index contributed by atoms with van der Waals surface area (Å²) in [5, 5.41) is 2.66. The lowest BCUT2D eigenvalue weighted by Crippen LogP contribution is -2.13. The van der Waals surface area contributed by atoms with Gasteiger partial charge in [0.05, 0.1) is 0 Å². The van der Waals surface area contributed by atoms with Gasteiger partial charge in [-0.25, -0.2) is 9.37 Å². The fraction of sp³-hybridized carbons (Fsp3) is 0.0526. The number of rotatable bonds is 4. The third kappa shape index (κ3) is 3.95. The molecule has 0 unspecified atom stereocenters. The number of aryl methyl sites for hydroxylation is 1. The first kappa shape index (κ1) is 15.7. The van der Waals surface area contributed by atoms with Crippen molar-refractivity contribution in [3.8, 4) is 11.6 Å². The zero-order valence-electron chi connectivity index (χ0n) is 13.0. The van der Waals surface area contributed by atoms with Crippen LogP contribution in [0, 0.1) is 12.7 Å². The Kier molecular flexibility index (Phi) is 4.52. The number of hydrogen-bond donors (Lipinski definition) is 1. The number of nitrogens with zero attached hydrogens (tertiary/aromatic N) is 1. The summed E-state index contributed by atoms with van der Waals surface area (Å²) in [6, 6.07) is 18.0. The average molecular weight is 322 g/mol.